The Bertz CT molecular complexity index is 826. The van der Waals surface area contributed by atoms with Crippen LogP contribution in [0.4, 0.5) is 13.2 Å². The summed E-state index contributed by atoms with van der Waals surface area (Å²) in [5.74, 6) is 0. The fraction of sp³-hybridized carbons (Fsp3) is 0.348. The highest BCUT2D eigenvalue weighted by Gasteiger charge is 2.34. The molecule has 0 unspecified atom stereocenters. The van der Waals surface area contributed by atoms with Crippen molar-refractivity contribution in [1.29, 1.82) is 0 Å². The van der Waals surface area contributed by atoms with Crippen LogP contribution in [0.15, 0.2) is 76.6 Å². The zero-order valence-corrected chi connectivity index (χ0v) is 16.7. The van der Waals surface area contributed by atoms with Crippen LogP contribution in [0.3, 0.4) is 0 Å². The smallest absolute Gasteiger partial charge is 0.345 e. The summed E-state index contributed by atoms with van der Waals surface area (Å²) in [5, 5.41) is 0. The molecule has 1 aliphatic rings. The van der Waals surface area contributed by atoms with E-state index in [2.05, 4.69) is 23.7 Å². The van der Waals surface area contributed by atoms with Gasteiger partial charge < -0.3 is 4.90 Å². The van der Waals surface area contributed by atoms with Crippen molar-refractivity contribution in [2.24, 2.45) is 4.99 Å². The molecule has 0 fully saturated rings. The van der Waals surface area contributed by atoms with Crippen LogP contribution in [-0.2, 0) is 6.42 Å². The van der Waals surface area contributed by atoms with Crippen LogP contribution >= 0.6 is 0 Å². The van der Waals surface area contributed by atoms with E-state index in [-0.39, 0.29) is 5.57 Å². The summed E-state index contributed by atoms with van der Waals surface area (Å²) in [7, 11) is 1.47. The number of nitrogens with zero attached hydrogens (tertiary/aromatic N) is 2. The van der Waals surface area contributed by atoms with Gasteiger partial charge >= 0.3 is 6.18 Å². The molecular formula is C23H27F3N2. The van der Waals surface area contributed by atoms with E-state index >= 15 is 0 Å². The van der Waals surface area contributed by atoms with Gasteiger partial charge in [0.2, 0.25) is 0 Å². The van der Waals surface area contributed by atoms with Crippen LogP contribution in [0.2, 0.25) is 0 Å². The van der Waals surface area contributed by atoms with E-state index in [1.54, 1.807) is 0 Å². The second kappa shape index (κ2) is 9.58. The molecular weight excluding hydrogens is 361 g/mol. The lowest BCUT2D eigenvalue weighted by Gasteiger charge is -2.32. The van der Waals surface area contributed by atoms with Gasteiger partial charge in [0.05, 0.1) is 0 Å². The van der Waals surface area contributed by atoms with Gasteiger partial charge in [-0.05, 0) is 50.3 Å². The molecule has 0 saturated heterocycles. The predicted molar refractivity (Wildman–Crippen MR) is 110 cm³/mol. The van der Waals surface area contributed by atoms with Gasteiger partial charge in [0.25, 0.3) is 0 Å². The molecule has 0 aliphatic heterocycles. The minimum Gasteiger partial charge on any atom is -0.345 e. The predicted octanol–water partition coefficient (Wildman–Crippen LogP) is 6.17. The minimum atomic E-state index is -4.43. The van der Waals surface area contributed by atoms with Gasteiger partial charge in [0, 0.05) is 42.3 Å². The number of aryl methyl sites for hydroxylation is 1. The number of hydrogen-bond acceptors (Lipinski definition) is 2. The molecule has 0 amide bonds. The number of benzene rings is 1. The van der Waals surface area contributed by atoms with Crippen LogP contribution in [0.5, 0.6) is 0 Å². The Morgan fingerprint density at radius 2 is 2.00 bits per heavy atom. The highest BCUT2D eigenvalue weighted by atomic mass is 19.4. The van der Waals surface area contributed by atoms with Gasteiger partial charge in [0.1, 0.15) is 0 Å². The Morgan fingerprint density at radius 1 is 1.29 bits per heavy atom. The highest BCUT2D eigenvalue weighted by Crippen LogP contribution is 2.32. The average Bonchev–Trinajstić information content (AvgIpc) is 2.67. The lowest BCUT2D eigenvalue weighted by atomic mass is 10.0. The van der Waals surface area contributed by atoms with Crippen LogP contribution in [-0.4, -0.2) is 30.9 Å². The molecule has 0 atom stereocenters. The molecule has 2 nitrogen and oxygen atoms in total. The maximum Gasteiger partial charge on any atom is 0.413 e. The van der Waals surface area contributed by atoms with Crippen LogP contribution in [0, 0.1) is 6.92 Å². The molecule has 1 aromatic rings. The molecule has 0 saturated carbocycles. The molecule has 0 radical (unpaired) electrons. The fourth-order valence-corrected chi connectivity index (χ4v) is 3.20. The number of halogens is 3. The Balaban J connectivity index is 2.40. The van der Waals surface area contributed by atoms with E-state index in [0.717, 1.165) is 25.5 Å². The normalized spacial score (nSPS) is 15.4. The topological polar surface area (TPSA) is 15.6 Å². The van der Waals surface area contributed by atoms with Gasteiger partial charge in [0.15, 0.2) is 0 Å². The van der Waals surface area contributed by atoms with Crippen LogP contribution in [0.1, 0.15) is 30.9 Å². The summed E-state index contributed by atoms with van der Waals surface area (Å²) in [6.45, 7) is 7.70. The van der Waals surface area contributed by atoms with Crippen molar-refractivity contribution in [3.63, 3.8) is 0 Å². The van der Waals surface area contributed by atoms with Crippen molar-refractivity contribution in [3.8, 4) is 0 Å². The van der Waals surface area contributed by atoms with Crippen molar-refractivity contribution in [3.05, 3.63) is 82.7 Å². The quantitative estimate of drug-likeness (QED) is 0.403. The Kier molecular flexibility index (Phi) is 7.44. The van der Waals surface area contributed by atoms with Gasteiger partial charge in [-0.25, -0.2) is 0 Å². The molecule has 1 aromatic carbocycles. The molecule has 0 bridgehead atoms. The number of rotatable bonds is 7. The lowest BCUT2D eigenvalue weighted by Crippen LogP contribution is -2.28. The maximum atomic E-state index is 13.4. The standard InChI is InChI=1S/C23H27F3N2/c1-17-10-8-9-11-20(17)14-15-28(21-12-6-5-7-13-21)19(3)22(16-27-4)18(2)23(24,25)26/h5-6,8-12,16H,3,7,13-15H2,1-2,4H3/b22-18-,27-16-. The summed E-state index contributed by atoms with van der Waals surface area (Å²) in [6, 6.07) is 8.05. The highest BCUT2D eigenvalue weighted by molar-refractivity contribution is 5.85. The molecule has 0 heterocycles. The first-order valence-electron chi connectivity index (χ1n) is 9.33. The Morgan fingerprint density at radius 3 is 2.57 bits per heavy atom. The number of alkyl halides is 3. The van der Waals surface area contributed by atoms with E-state index in [0.29, 0.717) is 18.7 Å². The molecule has 0 N–H and O–H groups in total. The van der Waals surface area contributed by atoms with E-state index in [1.165, 1.54) is 24.4 Å². The third kappa shape index (κ3) is 5.47. The summed E-state index contributed by atoms with van der Waals surface area (Å²) in [6.07, 6.45) is 5.12. The number of allylic oxidation sites excluding steroid dienone is 6. The van der Waals surface area contributed by atoms with Gasteiger partial charge in [-0.15, -0.1) is 0 Å². The summed E-state index contributed by atoms with van der Waals surface area (Å²) < 4.78 is 40.2. The number of hydrogen-bond donors (Lipinski definition) is 0. The van der Waals surface area contributed by atoms with Crippen molar-refractivity contribution < 1.29 is 13.2 Å². The molecule has 2 rings (SSSR count). The molecule has 0 spiro atoms. The molecule has 150 valence electrons. The first-order valence-corrected chi connectivity index (χ1v) is 9.33. The second-order valence-corrected chi connectivity index (χ2v) is 6.82. The second-order valence-electron chi connectivity index (χ2n) is 6.82. The number of aliphatic imine (C=N–C) groups is 1. The SMILES string of the molecule is C=C(C(/C=N\C)=C(/C)C(F)(F)F)N(CCc1ccccc1C)C1=CC=CCC1. The summed E-state index contributed by atoms with van der Waals surface area (Å²) >= 11 is 0. The molecule has 28 heavy (non-hydrogen) atoms. The van der Waals surface area contributed by atoms with Gasteiger partial charge in [-0.1, -0.05) is 43.0 Å². The average molecular weight is 388 g/mol. The van der Waals surface area contributed by atoms with E-state index in [4.69, 9.17) is 0 Å². The third-order valence-electron chi connectivity index (χ3n) is 4.93. The van der Waals surface area contributed by atoms with Crippen LogP contribution < -0.4 is 0 Å². The Hall–Kier alpha value is -2.56. The fourth-order valence-electron chi connectivity index (χ4n) is 3.20. The Labute approximate surface area is 165 Å². The molecule has 0 aromatic heterocycles. The first kappa shape index (κ1) is 21.7. The van der Waals surface area contributed by atoms with Crippen molar-refractivity contribution in [2.75, 3.05) is 13.6 Å². The van der Waals surface area contributed by atoms with E-state index < -0.39 is 11.7 Å². The van der Waals surface area contributed by atoms with Crippen LogP contribution in [0.25, 0.3) is 0 Å². The van der Waals surface area contributed by atoms with Gasteiger partial charge in [-0.2, -0.15) is 13.2 Å². The minimum absolute atomic E-state index is 0.0234. The maximum absolute atomic E-state index is 13.4. The van der Waals surface area contributed by atoms with E-state index in [9.17, 15) is 13.2 Å². The van der Waals surface area contributed by atoms with Gasteiger partial charge in [-0.3, -0.25) is 4.99 Å². The molecule has 5 heteroatoms. The lowest BCUT2D eigenvalue weighted by molar-refractivity contribution is -0.0917. The van der Waals surface area contributed by atoms with Crippen molar-refractivity contribution in [1.82, 2.24) is 4.90 Å². The monoisotopic (exact) mass is 388 g/mol. The van der Waals surface area contributed by atoms with E-state index in [1.807, 2.05) is 42.2 Å². The molecule has 1 aliphatic carbocycles. The summed E-state index contributed by atoms with van der Waals surface area (Å²) in [4.78, 5) is 5.75. The summed E-state index contributed by atoms with van der Waals surface area (Å²) in [5.41, 5.74) is 2.98. The zero-order chi connectivity index (χ0) is 20.7. The zero-order valence-electron chi connectivity index (χ0n) is 16.7. The largest absolute Gasteiger partial charge is 0.413 e. The van der Waals surface area contributed by atoms with Crippen molar-refractivity contribution >= 4 is 6.21 Å². The first-order chi connectivity index (χ1) is 13.3. The third-order valence-corrected chi connectivity index (χ3v) is 4.93. The van der Waals surface area contributed by atoms with Crippen molar-refractivity contribution in [2.45, 2.75) is 39.3 Å².